The molecule has 3 aromatic carbocycles. The molecule has 0 spiro atoms. The Labute approximate surface area is 253 Å². The van der Waals surface area contributed by atoms with Crippen LogP contribution in [0.15, 0.2) is 104 Å². The van der Waals surface area contributed by atoms with Crippen molar-refractivity contribution < 1.29 is 19.4 Å². The Morgan fingerprint density at radius 2 is 1.37 bits per heavy atom. The minimum absolute atomic E-state index is 0.112. The topological polar surface area (TPSA) is 119 Å². The molecular weight excluding hydrogens is 540 g/mol. The zero-order chi connectivity index (χ0) is 31.0. The van der Waals surface area contributed by atoms with E-state index in [0.29, 0.717) is 12.1 Å². The van der Waals surface area contributed by atoms with E-state index >= 15 is 0 Å². The van der Waals surface area contributed by atoms with Crippen LogP contribution in [0.3, 0.4) is 0 Å². The summed E-state index contributed by atoms with van der Waals surface area (Å²) < 4.78 is 7.24. The molecule has 226 valence electrons. The molecule has 1 heterocycles. The molecule has 3 atom stereocenters. The third-order valence-corrected chi connectivity index (χ3v) is 7.39. The van der Waals surface area contributed by atoms with Crippen molar-refractivity contribution in [1.82, 2.24) is 14.9 Å². The number of nitrogens with two attached hydrogens (primary N) is 1. The molecule has 4 N–H and O–H groups in total. The van der Waals surface area contributed by atoms with Crippen molar-refractivity contribution >= 4 is 11.9 Å². The Morgan fingerprint density at radius 3 is 1.81 bits per heavy atom. The van der Waals surface area contributed by atoms with Gasteiger partial charge in [0.05, 0.1) is 30.2 Å². The largest absolute Gasteiger partial charge is 0.461 e. The number of imidazole rings is 1. The lowest BCUT2D eigenvalue weighted by atomic mass is 9.77. The van der Waals surface area contributed by atoms with Gasteiger partial charge in [-0.3, -0.25) is 4.79 Å². The van der Waals surface area contributed by atoms with E-state index in [0.717, 1.165) is 16.7 Å². The van der Waals surface area contributed by atoms with E-state index in [1.54, 1.807) is 20.2 Å². The van der Waals surface area contributed by atoms with Gasteiger partial charge in [0.2, 0.25) is 5.91 Å². The zero-order valence-electron chi connectivity index (χ0n) is 25.3. The zero-order valence-corrected chi connectivity index (χ0v) is 25.3. The van der Waals surface area contributed by atoms with E-state index in [1.807, 2.05) is 74.6 Å². The van der Waals surface area contributed by atoms with Crippen molar-refractivity contribution in [2.24, 2.45) is 11.7 Å². The van der Waals surface area contributed by atoms with Crippen LogP contribution >= 0.6 is 0 Å². The average molecular weight is 583 g/mol. The second kappa shape index (κ2) is 14.3. The highest BCUT2D eigenvalue weighted by Gasteiger charge is 2.38. The number of ether oxygens (including phenoxy) is 1. The van der Waals surface area contributed by atoms with Crippen molar-refractivity contribution in [3.8, 4) is 0 Å². The first-order valence-electron chi connectivity index (χ1n) is 14.8. The molecule has 43 heavy (non-hydrogen) atoms. The highest BCUT2D eigenvalue weighted by molar-refractivity contribution is 5.83. The molecule has 8 nitrogen and oxygen atoms in total. The number of nitrogens with one attached hydrogen (secondary N) is 1. The summed E-state index contributed by atoms with van der Waals surface area (Å²) in [5.41, 5.74) is 9.44. The summed E-state index contributed by atoms with van der Waals surface area (Å²) in [6, 6.07) is 28.9. The van der Waals surface area contributed by atoms with Gasteiger partial charge in [-0.25, -0.2) is 9.78 Å². The number of benzene rings is 3. The van der Waals surface area contributed by atoms with Crippen LogP contribution < -0.4 is 11.1 Å². The number of esters is 1. The molecule has 0 radical (unpaired) electrons. The van der Waals surface area contributed by atoms with Crippen LogP contribution in [0.5, 0.6) is 0 Å². The molecule has 1 amide bonds. The highest BCUT2D eigenvalue weighted by Crippen LogP contribution is 2.40. The standard InChI is InChI=1S/C35H42N4O4/c1-24(2)20-31(32(40)34(42)43-25(3)4)38-33(41)30(36)21-29-22-39(23-37-29)35(26-14-8-5-9-15-26,27-16-10-6-11-17-27)28-18-12-7-13-19-28/h5-19,22-25,30-32,40H,20-21,36H2,1-4H3,(H,38,41). The minimum Gasteiger partial charge on any atom is -0.461 e. The summed E-state index contributed by atoms with van der Waals surface area (Å²) >= 11 is 0. The monoisotopic (exact) mass is 582 g/mol. The SMILES string of the molecule is CC(C)CC(NC(=O)C(N)Cc1cn(C(c2ccccc2)(c2ccccc2)c2ccccc2)cn1)C(O)C(=O)OC(C)C. The van der Waals surface area contributed by atoms with Crippen molar-refractivity contribution in [2.45, 2.75) is 70.4 Å². The van der Waals surface area contributed by atoms with Crippen molar-refractivity contribution in [3.05, 3.63) is 126 Å². The van der Waals surface area contributed by atoms with Crippen LogP contribution in [0.4, 0.5) is 0 Å². The highest BCUT2D eigenvalue weighted by atomic mass is 16.6. The molecule has 0 fully saturated rings. The predicted molar refractivity (Wildman–Crippen MR) is 167 cm³/mol. The fourth-order valence-corrected chi connectivity index (χ4v) is 5.49. The Morgan fingerprint density at radius 1 is 0.884 bits per heavy atom. The summed E-state index contributed by atoms with van der Waals surface area (Å²) in [6.45, 7) is 7.31. The smallest absolute Gasteiger partial charge is 0.337 e. The number of rotatable bonds is 13. The number of aliphatic hydroxyl groups excluding tert-OH is 1. The molecular formula is C35H42N4O4. The van der Waals surface area contributed by atoms with E-state index in [-0.39, 0.29) is 18.4 Å². The Kier molecular flexibility index (Phi) is 10.5. The number of aromatic nitrogens is 2. The van der Waals surface area contributed by atoms with Gasteiger partial charge in [0.25, 0.3) is 0 Å². The first-order valence-corrected chi connectivity index (χ1v) is 14.8. The number of amides is 1. The van der Waals surface area contributed by atoms with Crippen LogP contribution in [0.1, 0.15) is 56.5 Å². The lowest BCUT2D eigenvalue weighted by molar-refractivity contribution is -0.159. The molecule has 0 aliphatic rings. The van der Waals surface area contributed by atoms with E-state index < -0.39 is 35.6 Å². The molecule has 4 aromatic rings. The number of carbonyl (C=O) groups is 2. The van der Waals surface area contributed by atoms with Gasteiger partial charge in [0.1, 0.15) is 5.54 Å². The first kappa shape index (κ1) is 31.7. The quantitative estimate of drug-likeness (QED) is 0.158. The van der Waals surface area contributed by atoms with Crippen molar-refractivity contribution in [3.63, 3.8) is 0 Å². The van der Waals surface area contributed by atoms with E-state index in [2.05, 4.69) is 51.3 Å². The van der Waals surface area contributed by atoms with Crippen LogP contribution in [0.2, 0.25) is 0 Å². The van der Waals surface area contributed by atoms with E-state index in [1.165, 1.54) is 0 Å². The fraction of sp³-hybridized carbons (Fsp3) is 0.343. The van der Waals surface area contributed by atoms with Gasteiger partial charge in [-0.2, -0.15) is 0 Å². The number of hydrogen-bond acceptors (Lipinski definition) is 6. The maximum atomic E-state index is 13.2. The van der Waals surface area contributed by atoms with Crippen LogP contribution in [0.25, 0.3) is 0 Å². The summed E-state index contributed by atoms with van der Waals surface area (Å²) in [7, 11) is 0. The molecule has 0 saturated carbocycles. The molecule has 0 aliphatic heterocycles. The second-order valence-corrected chi connectivity index (χ2v) is 11.6. The summed E-state index contributed by atoms with van der Waals surface area (Å²) in [6.07, 6.45) is 2.37. The van der Waals surface area contributed by atoms with Crippen molar-refractivity contribution in [1.29, 1.82) is 0 Å². The van der Waals surface area contributed by atoms with Gasteiger partial charge < -0.3 is 25.5 Å². The molecule has 8 heteroatoms. The van der Waals surface area contributed by atoms with Crippen LogP contribution in [0, 0.1) is 5.92 Å². The molecule has 3 unspecified atom stereocenters. The maximum Gasteiger partial charge on any atom is 0.337 e. The Bertz CT molecular complexity index is 1360. The number of hydrogen-bond donors (Lipinski definition) is 3. The van der Waals surface area contributed by atoms with Gasteiger partial charge in [-0.05, 0) is 42.9 Å². The van der Waals surface area contributed by atoms with Gasteiger partial charge in [-0.1, -0.05) is 105 Å². The van der Waals surface area contributed by atoms with Crippen LogP contribution in [-0.4, -0.2) is 50.8 Å². The molecule has 0 aliphatic carbocycles. The van der Waals surface area contributed by atoms with E-state index in [9.17, 15) is 14.7 Å². The molecule has 0 saturated heterocycles. The van der Waals surface area contributed by atoms with Crippen molar-refractivity contribution in [2.75, 3.05) is 0 Å². The van der Waals surface area contributed by atoms with E-state index in [4.69, 9.17) is 10.5 Å². The Hall–Kier alpha value is -4.27. The molecule has 0 bridgehead atoms. The molecule has 1 aromatic heterocycles. The summed E-state index contributed by atoms with van der Waals surface area (Å²) in [5.74, 6) is -1.13. The van der Waals surface area contributed by atoms with Gasteiger partial charge in [0.15, 0.2) is 6.10 Å². The molecule has 4 rings (SSSR count). The van der Waals surface area contributed by atoms with Gasteiger partial charge in [-0.15, -0.1) is 0 Å². The first-order chi connectivity index (χ1) is 20.6. The van der Waals surface area contributed by atoms with Gasteiger partial charge >= 0.3 is 5.97 Å². The predicted octanol–water partition coefficient (Wildman–Crippen LogP) is 4.44. The summed E-state index contributed by atoms with van der Waals surface area (Å²) in [4.78, 5) is 30.3. The lowest BCUT2D eigenvalue weighted by Crippen LogP contribution is -2.53. The number of carbonyl (C=O) groups excluding carboxylic acids is 2. The second-order valence-electron chi connectivity index (χ2n) is 11.6. The third kappa shape index (κ3) is 7.39. The third-order valence-electron chi connectivity index (χ3n) is 7.39. The number of nitrogens with zero attached hydrogens (tertiary/aromatic N) is 2. The maximum absolute atomic E-state index is 13.2. The lowest BCUT2D eigenvalue weighted by Gasteiger charge is -2.37. The minimum atomic E-state index is -1.50. The Balaban J connectivity index is 1.64. The fourth-order valence-electron chi connectivity index (χ4n) is 5.49. The van der Waals surface area contributed by atoms with Crippen LogP contribution in [-0.2, 0) is 26.3 Å². The normalized spacial score (nSPS) is 13.9. The van der Waals surface area contributed by atoms with Gasteiger partial charge in [0, 0.05) is 12.6 Å². The summed E-state index contributed by atoms with van der Waals surface area (Å²) in [5, 5.41) is 13.5. The average Bonchev–Trinajstić information content (AvgIpc) is 3.46. The number of aliphatic hydroxyl groups is 1.